The summed E-state index contributed by atoms with van der Waals surface area (Å²) in [5.74, 6) is 1.95. The molecule has 0 spiro atoms. The van der Waals surface area contributed by atoms with Gasteiger partial charge in [-0.15, -0.1) is 0 Å². The summed E-state index contributed by atoms with van der Waals surface area (Å²) in [6.07, 6.45) is 8.77. The van der Waals surface area contributed by atoms with E-state index in [1.807, 2.05) is 0 Å². The molecule has 4 nitrogen and oxygen atoms in total. The average molecular weight is 276 g/mol. The van der Waals surface area contributed by atoms with E-state index in [9.17, 15) is 9.90 Å². The van der Waals surface area contributed by atoms with E-state index >= 15 is 0 Å². The summed E-state index contributed by atoms with van der Waals surface area (Å²) in [5, 5.41) is 10.2. The highest BCUT2D eigenvalue weighted by Crippen LogP contribution is 2.37. The molecular weight excluding hydrogens is 252 g/mol. The van der Waals surface area contributed by atoms with Gasteiger partial charge in [-0.2, -0.15) is 4.98 Å². The van der Waals surface area contributed by atoms with Gasteiger partial charge in [0.2, 0.25) is 5.88 Å². The number of nitrogens with zero attached hydrogens (tertiary/aromatic N) is 1. The van der Waals surface area contributed by atoms with Gasteiger partial charge in [-0.1, -0.05) is 32.6 Å². The van der Waals surface area contributed by atoms with Gasteiger partial charge in [0.15, 0.2) is 0 Å². The monoisotopic (exact) mass is 276 g/mol. The number of hydrogen-bond acceptors (Lipinski definition) is 3. The van der Waals surface area contributed by atoms with E-state index in [2.05, 4.69) is 16.9 Å². The topological polar surface area (TPSA) is 66.0 Å². The Morgan fingerprint density at radius 2 is 1.70 bits per heavy atom. The molecule has 2 aliphatic carbocycles. The van der Waals surface area contributed by atoms with Crippen LogP contribution in [0.25, 0.3) is 0 Å². The summed E-state index contributed by atoms with van der Waals surface area (Å²) < 4.78 is 0. The molecule has 0 aliphatic heterocycles. The summed E-state index contributed by atoms with van der Waals surface area (Å²) in [5.41, 5.74) is 0.411. The summed E-state index contributed by atoms with van der Waals surface area (Å²) in [4.78, 5) is 19.6. The second-order valence-corrected chi connectivity index (χ2v) is 6.63. The largest absolute Gasteiger partial charge is 0.493 e. The van der Waals surface area contributed by atoms with Gasteiger partial charge in [0.1, 0.15) is 5.82 Å². The summed E-state index contributed by atoms with van der Waals surface area (Å²) in [6.45, 7) is 2.27. The SMILES string of the molecule is CC1CCC(c2nc(O)c(C3CCCC3)c(=O)[nH]2)CC1. The predicted molar refractivity (Wildman–Crippen MR) is 78.1 cm³/mol. The third-order valence-electron chi connectivity index (χ3n) is 5.12. The number of H-pyrrole nitrogens is 1. The van der Waals surface area contributed by atoms with Gasteiger partial charge < -0.3 is 10.1 Å². The van der Waals surface area contributed by atoms with Crippen LogP contribution < -0.4 is 5.56 Å². The molecule has 0 unspecified atom stereocenters. The predicted octanol–water partition coefficient (Wildman–Crippen LogP) is 3.43. The van der Waals surface area contributed by atoms with Crippen LogP contribution in [-0.2, 0) is 0 Å². The van der Waals surface area contributed by atoms with E-state index in [0.29, 0.717) is 17.3 Å². The molecule has 0 radical (unpaired) electrons. The molecular formula is C16H24N2O2. The Bertz CT molecular complexity index is 524. The molecule has 3 rings (SSSR count). The van der Waals surface area contributed by atoms with E-state index < -0.39 is 0 Å². The van der Waals surface area contributed by atoms with Crippen LogP contribution in [0.1, 0.15) is 81.5 Å². The molecule has 2 N–H and O–H groups in total. The Balaban J connectivity index is 1.86. The fourth-order valence-corrected chi connectivity index (χ4v) is 3.80. The molecule has 0 bridgehead atoms. The first-order valence-corrected chi connectivity index (χ1v) is 7.98. The molecule has 1 aromatic rings. The quantitative estimate of drug-likeness (QED) is 0.869. The van der Waals surface area contributed by atoms with Gasteiger partial charge in [0.25, 0.3) is 5.56 Å². The van der Waals surface area contributed by atoms with Gasteiger partial charge in [0, 0.05) is 5.92 Å². The van der Waals surface area contributed by atoms with E-state index in [4.69, 9.17) is 0 Å². The third-order valence-corrected chi connectivity index (χ3v) is 5.12. The second-order valence-electron chi connectivity index (χ2n) is 6.63. The molecule has 0 saturated heterocycles. The molecule has 1 heterocycles. The zero-order valence-corrected chi connectivity index (χ0v) is 12.2. The lowest BCUT2D eigenvalue weighted by atomic mass is 9.82. The maximum absolute atomic E-state index is 12.3. The lowest BCUT2D eigenvalue weighted by Crippen LogP contribution is -2.22. The molecule has 4 heteroatoms. The van der Waals surface area contributed by atoms with Gasteiger partial charge in [-0.25, -0.2) is 0 Å². The fourth-order valence-electron chi connectivity index (χ4n) is 3.80. The molecule has 0 atom stereocenters. The van der Waals surface area contributed by atoms with Crippen LogP contribution in [-0.4, -0.2) is 15.1 Å². The van der Waals surface area contributed by atoms with Gasteiger partial charge in [0.05, 0.1) is 5.56 Å². The van der Waals surface area contributed by atoms with Gasteiger partial charge >= 0.3 is 0 Å². The number of aromatic hydroxyl groups is 1. The Labute approximate surface area is 119 Å². The van der Waals surface area contributed by atoms with E-state index in [1.165, 1.54) is 12.8 Å². The first-order valence-electron chi connectivity index (χ1n) is 7.98. The van der Waals surface area contributed by atoms with Crippen molar-refractivity contribution in [3.63, 3.8) is 0 Å². The Morgan fingerprint density at radius 3 is 2.30 bits per heavy atom. The van der Waals surface area contributed by atoms with Gasteiger partial charge in [-0.05, 0) is 37.5 Å². The van der Waals surface area contributed by atoms with Crippen molar-refractivity contribution in [1.82, 2.24) is 9.97 Å². The van der Waals surface area contributed by atoms with Crippen molar-refractivity contribution in [2.45, 2.75) is 70.1 Å². The van der Waals surface area contributed by atoms with Crippen LogP contribution in [0.15, 0.2) is 4.79 Å². The third kappa shape index (κ3) is 2.60. The molecule has 2 fully saturated rings. The molecule has 1 aromatic heterocycles. The van der Waals surface area contributed by atoms with Crippen molar-refractivity contribution in [3.05, 3.63) is 21.7 Å². The first-order chi connectivity index (χ1) is 9.65. The zero-order valence-electron chi connectivity index (χ0n) is 12.2. The second kappa shape index (κ2) is 5.58. The highest BCUT2D eigenvalue weighted by atomic mass is 16.3. The van der Waals surface area contributed by atoms with E-state index in [-0.39, 0.29) is 17.4 Å². The lowest BCUT2D eigenvalue weighted by molar-refractivity contribution is 0.335. The zero-order chi connectivity index (χ0) is 14.1. The fraction of sp³-hybridized carbons (Fsp3) is 0.750. The average Bonchev–Trinajstić information content (AvgIpc) is 2.92. The van der Waals surface area contributed by atoms with E-state index in [0.717, 1.165) is 44.4 Å². The van der Waals surface area contributed by atoms with Crippen LogP contribution in [0, 0.1) is 5.92 Å². The number of hydrogen-bond donors (Lipinski definition) is 2. The van der Waals surface area contributed by atoms with Crippen LogP contribution in [0.5, 0.6) is 5.88 Å². The highest BCUT2D eigenvalue weighted by molar-refractivity contribution is 5.28. The molecule has 110 valence electrons. The molecule has 2 saturated carbocycles. The maximum Gasteiger partial charge on any atom is 0.258 e. The minimum absolute atomic E-state index is 0.0192. The molecule has 0 aromatic carbocycles. The van der Waals surface area contributed by atoms with Crippen molar-refractivity contribution in [2.75, 3.05) is 0 Å². The van der Waals surface area contributed by atoms with Crippen LogP contribution in [0.2, 0.25) is 0 Å². The van der Waals surface area contributed by atoms with Crippen molar-refractivity contribution >= 4 is 0 Å². The minimum atomic E-state index is -0.113. The smallest absolute Gasteiger partial charge is 0.258 e. The summed E-state index contributed by atoms with van der Waals surface area (Å²) in [6, 6.07) is 0. The number of nitrogens with one attached hydrogen (secondary N) is 1. The Morgan fingerprint density at radius 1 is 1.05 bits per heavy atom. The van der Waals surface area contributed by atoms with Crippen molar-refractivity contribution in [2.24, 2.45) is 5.92 Å². The van der Waals surface area contributed by atoms with Gasteiger partial charge in [-0.3, -0.25) is 4.79 Å². The summed E-state index contributed by atoms with van der Waals surface area (Å²) >= 11 is 0. The molecule has 0 amide bonds. The maximum atomic E-state index is 12.3. The van der Waals surface area contributed by atoms with Crippen molar-refractivity contribution in [3.8, 4) is 5.88 Å². The first kappa shape index (κ1) is 13.7. The Kier molecular flexibility index (Phi) is 3.81. The summed E-state index contributed by atoms with van der Waals surface area (Å²) in [7, 11) is 0. The molecule has 2 aliphatic rings. The Hall–Kier alpha value is -1.32. The number of aromatic amines is 1. The normalized spacial score (nSPS) is 27.9. The van der Waals surface area contributed by atoms with E-state index in [1.54, 1.807) is 0 Å². The van der Waals surface area contributed by atoms with Crippen molar-refractivity contribution < 1.29 is 5.11 Å². The molecule has 20 heavy (non-hydrogen) atoms. The number of rotatable bonds is 2. The van der Waals surface area contributed by atoms with Crippen LogP contribution in [0.4, 0.5) is 0 Å². The number of aromatic nitrogens is 2. The lowest BCUT2D eigenvalue weighted by Gasteiger charge is -2.25. The standard InChI is InChI=1S/C16H24N2O2/c1-10-6-8-12(9-7-10)14-17-15(19)13(16(20)18-14)11-4-2-3-5-11/h10-12H,2-9H2,1H3,(H2,17,18,19,20). The highest BCUT2D eigenvalue weighted by Gasteiger charge is 2.27. The minimum Gasteiger partial charge on any atom is -0.493 e. The van der Waals surface area contributed by atoms with Crippen molar-refractivity contribution in [1.29, 1.82) is 0 Å². The van der Waals surface area contributed by atoms with Crippen LogP contribution >= 0.6 is 0 Å². The van der Waals surface area contributed by atoms with Crippen LogP contribution in [0.3, 0.4) is 0 Å².